The minimum atomic E-state index is -0.943. The van der Waals surface area contributed by atoms with E-state index in [1.165, 1.54) is 0 Å². The number of rotatable bonds is 5. The number of aliphatic carboxylic acids is 1. The summed E-state index contributed by atoms with van der Waals surface area (Å²) in [4.78, 5) is 27.4. The molecule has 7 heteroatoms. The lowest BCUT2D eigenvalue weighted by atomic mass is 9.96. The lowest BCUT2D eigenvalue weighted by Gasteiger charge is -2.12. The molecule has 0 bridgehead atoms. The summed E-state index contributed by atoms with van der Waals surface area (Å²) in [6, 6.07) is 6.06. The molecule has 2 aromatic rings. The first-order valence-electron chi connectivity index (χ1n) is 7.62. The van der Waals surface area contributed by atoms with Crippen LogP contribution in [0.2, 0.25) is 0 Å². The zero-order chi connectivity index (χ0) is 17.9. The van der Waals surface area contributed by atoms with Gasteiger partial charge in [0.25, 0.3) is 5.91 Å². The van der Waals surface area contributed by atoms with Crippen molar-refractivity contribution in [2.45, 2.75) is 45.6 Å². The van der Waals surface area contributed by atoms with Gasteiger partial charge in [-0.15, -0.1) is 0 Å². The van der Waals surface area contributed by atoms with E-state index >= 15 is 0 Å². The molecule has 0 aliphatic heterocycles. The predicted molar refractivity (Wildman–Crippen MR) is 86.7 cm³/mol. The van der Waals surface area contributed by atoms with Crippen molar-refractivity contribution in [3.63, 3.8) is 0 Å². The van der Waals surface area contributed by atoms with Crippen molar-refractivity contribution < 1.29 is 19.2 Å². The Kier molecular flexibility index (Phi) is 5.02. The number of carbonyl (C=O) groups is 2. The molecule has 1 aromatic carbocycles. The molecule has 0 saturated carbocycles. The van der Waals surface area contributed by atoms with Crippen LogP contribution in [0.5, 0.6) is 0 Å². The number of carboxylic acid groups (broad SMARTS) is 1. The molecule has 7 nitrogen and oxygen atoms in total. The van der Waals surface area contributed by atoms with Gasteiger partial charge in [-0.25, -0.2) is 0 Å². The molecule has 128 valence electrons. The van der Waals surface area contributed by atoms with Gasteiger partial charge in [0.05, 0.1) is 6.42 Å². The molecule has 0 saturated heterocycles. The lowest BCUT2D eigenvalue weighted by molar-refractivity contribution is -0.136. The van der Waals surface area contributed by atoms with Crippen molar-refractivity contribution in [3.8, 4) is 0 Å². The number of aromatic nitrogens is 2. The van der Waals surface area contributed by atoms with E-state index < -0.39 is 12.0 Å². The molecule has 1 unspecified atom stereocenters. The maximum atomic E-state index is 12.3. The molecule has 1 atom stereocenters. The van der Waals surface area contributed by atoms with Gasteiger partial charge in [-0.3, -0.25) is 9.59 Å². The van der Waals surface area contributed by atoms with Crippen molar-refractivity contribution in [1.82, 2.24) is 15.5 Å². The van der Waals surface area contributed by atoms with Crippen LogP contribution in [0.3, 0.4) is 0 Å². The van der Waals surface area contributed by atoms with Gasteiger partial charge in [0.1, 0.15) is 6.04 Å². The molecule has 0 aliphatic rings. The number of nitrogens with zero attached hydrogens (tertiary/aromatic N) is 2. The Hall–Kier alpha value is -2.70. The van der Waals surface area contributed by atoms with Crippen LogP contribution in [0.4, 0.5) is 0 Å². The highest BCUT2D eigenvalue weighted by Gasteiger charge is 2.24. The van der Waals surface area contributed by atoms with Crippen molar-refractivity contribution in [3.05, 3.63) is 47.1 Å². The Morgan fingerprint density at radius 3 is 2.62 bits per heavy atom. The van der Waals surface area contributed by atoms with Crippen LogP contribution >= 0.6 is 0 Å². The minimum Gasteiger partial charge on any atom is -0.481 e. The molecule has 0 radical (unpaired) electrons. The van der Waals surface area contributed by atoms with Crippen molar-refractivity contribution in [2.24, 2.45) is 0 Å². The topological polar surface area (TPSA) is 105 Å². The number of carboxylic acids is 1. The maximum absolute atomic E-state index is 12.3. The van der Waals surface area contributed by atoms with Gasteiger partial charge in [0, 0.05) is 11.0 Å². The number of benzene rings is 1. The molecule has 1 heterocycles. The van der Waals surface area contributed by atoms with Crippen LogP contribution in [0.25, 0.3) is 0 Å². The highest BCUT2D eigenvalue weighted by Crippen LogP contribution is 2.21. The average Bonchev–Trinajstić information content (AvgIpc) is 2.96. The second kappa shape index (κ2) is 6.82. The first kappa shape index (κ1) is 17.7. The van der Waals surface area contributed by atoms with E-state index in [0.717, 1.165) is 0 Å². The normalized spacial score (nSPS) is 12.7. The van der Waals surface area contributed by atoms with E-state index in [1.54, 1.807) is 31.2 Å². The van der Waals surface area contributed by atoms with Gasteiger partial charge in [-0.1, -0.05) is 38.1 Å². The maximum Gasteiger partial charge on any atom is 0.307 e. The van der Waals surface area contributed by atoms with E-state index in [-0.39, 0.29) is 17.7 Å². The quantitative estimate of drug-likeness (QED) is 0.872. The fraction of sp³-hybridized carbons (Fsp3) is 0.412. The number of hydrogen-bond donors (Lipinski definition) is 2. The molecule has 0 fully saturated rings. The number of nitrogens with one attached hydrogen (secondary N) is 1. The fourth-order valence-corrected chi connectivity index (χ4v) is 2.05. The summed E-state index contributed by atoms with van der Waals surface area (Å²) in [7, 11) is 0. The fourth-order valence-electron chi connectivity index (χ4n) is 2.05. The second-order valence-electron chi connectivity index (χ2n) is 6.67. The Bertz CT molecular complexity index is 746. The molecule has 0 aliphatic carbocycles. The van der Waals surface area contributed by atoms with Crippen LogP contribution in [0.15, 0.2) is 28.8 Å². The molecular weight excluding hydrogens is 310 g/mol. The summed E-state index contributed by atoms with van der Waals surface area (Å²) in [6.07, 6.45) is -0.130. The Morgan fingerprint density at radius 2 is 2.04 bits per heavy atom. The monoisotopic (exact) mass is 331 g/mol. The van der Waals surface area contributed by atoms with Crippen LogP contribution in [0, 0.1) is 0 Å². The number of carbonyl (C=O) groups excluding carboxylic acids is 1. The van der Waals surface area contributed by atoms with Gasteiger partial charge in [-0.05, 0) is 24.6 Å². The summed E-state index contributed by atoms with van der Waals surface area (Å²) < 4.78 is 5.21. The smallest absolute Gasteiger partial charge is 0.307 e. The molecule has 24 heavy (non-hydrogen) atoms. The first-order chi connectivity index (χ1) is 11.2. The lowest BCUT2D eigenvalue weighted by Crippen LogP contribution is -2.27. The summed E-state index contributed by atoms with van der Waals surface area (Å²) in [5, 5.41) is 15.5. The summed E-state index contributed by atoms with van der Waals surface area (Å²) >= 11 is 0. The molecular formula is C17H21N3O4. The minimum absolute atomic E-state index is 0.130. The van der Waals surface area contributed by atoms with Crippen molar-refractivity contribution in [2.75, 3.05) is 0 Å². The highest BCUT2D eigenvalue weighted by molar-refractivity contribution is 5.94. The SMILES string of the molecule is CC(NC(=O)c1cccc(CC(=O)O)c1)c1nc(C(C)(C)C)no1. The van der Waals surface area contributed by atoms with Crippen LogP contribution in [-0.4, -0.2) is 27.1 Å². The van der Waals surface area contributed by atoms with Crippen LogP contribution in [-0.2, 0) is 16.6 Å². The first-order valence-corrected chi connectivity index (χ1v) is 7.62. The largest absolute Gasteiger partial charge is 0.481 e. The second-order valence-corrected chi connectivity index (χ2v) is 6.67. The van der Waals surface area contributed by atoms with E-state index in [2.05, 4.69) is 15.5 Å². The summed E-state index contributed by atoms with van der Waals surface area (Å²) in [6.45, 7) is 7.66. The van der Waals surface area contributed by atoms with Crippen LogP contribution in [0.1, 0.15) is 61.4 Å². The third-order valence-corrected chi connectivity index (χ3v) is 3.38. The standard InChI is InChI=1S/C17H21N3O4/c1-10(15-19-16(20-24-15)17(2,3)4)18-14(23)12-7-5-6-11(8-12)9-13(21)22/h5-8,10H,9H2,1-4H3,(H,18,23)(H,21,22). The molecule has 1 aromatic heterocycles. The molecule has 0 spiro atoms. The summed E-state index contributed by atoms with van der Waals surface area (Å²) in [5.74, 6) is -0.372. The average molecular weight is 331 g/mol. The van der Waals surface area contributed by atoms with Gasteiger partial charge < -0.3 is 14.9 Å². The third-order valence-electron chi connectivity index (χ3n) is 3.38. The van der Waals surface area contributed by atoms with Crippen molar-refractivity contribution >= 4 is 11.9 Å². The molecule has 2 N–H and O–H groups in total. The Labute approximate surface area is 140 Å². The predicted octanol–water partition coefficient (Wildman–Crippen LogP) is 2.49. The zero-order valence-electron chi connectivity index (χ0n) is 14.2. The third kappa shape index (κ3) is 4.41. The number of amides is 1. The zero-order valence-corrected chi connectivity index (χ0v) is 14.2. The van der Waals surface area contributed by atoms with Gasteiger partial charge in [-0.2, -0.15) is 4.98 Å². The van der Waals surface area contributed by atoms with Gasteiger partial charge in [0.2, 0.25) is 5.89 Å². The molecule has 2 rings (SSSR count). The van der Waals surface area contributed by atoms with Gasteiger partial charge in [0.15, 0.2) is 5.82 Å². The van der Waals surface area contributed by atoms with Gasteiger partial charge >= 0.3 is 5.97 Å². The van der Waals surface area contributed by atoms with E-state index in [1.807, 2.05) is 20.8 Å². The molecule has 1 amide bonds. The highest BCUT2D eigenvalue weighted by atomic mass is 16.5. The van der Waals surface area contributed by atoms with E-state index in [4.69, 9.17) is 9.63 Å². The Balaban J connectivity index is 2.09. The summed E-state index contributed by atoms with van der Waals surface area (Å²) in [5.41, 5.74) is 0.711. The van der Waals surface area contributed by atoms with E-state index in [9.17, 15) is 9.59 Å². The Morgan fingerprint density at radius 1 is 1.33 bits per heavy atom. The number of hydrogen-bond acceptors (Lipinski definition) is 5. The van der Waals surface area contributed by atoms with E-state index in [0.29, 0.717) is 22.8 Å². The van der Waals surface area contributed by atoms with Crippen LogP contribution < -0.4 is 5.32 Å². The van der Waals surface area contributed by atoms with Crippen molar-refractivity contribution in [1.29, 1.82) is 0 Å².